The second kappa shape index (κ2) is 6.78. The smallest absolute Gasteiger partial charge is 0.222 e. The number of piperazine rings is 1. The fraction of sp³-hybridized carbons (Fsp3) is 0.588. The van der Waals surface area contributed by atoms with Gasteiger partial charge in [0.25, 0.3) is 0 Å². The van der Waals surface area contributed by atoms with Crippen LogP contribution in [0, 0.1) is 0 Å². The minimum atomic E-state index is 0.282. The van der Waals surface area contributed by atoms with Crippen molar-refractivity contribution in [1.82, 2.24) is 4.90 Å². The second-order valence-corrected chi connectivity index (χ2v) is 5.35. The Morgan fingerprint density at radius 2 is 1.55 bits per heavy atom. The lowest BCUT2D eigenvalue weighted by Gasteiger charge is -2.38. The second-order valence-electron chi connectivity index (χ2n) is 5.35. The third-order valence-corrected chi connectivity index (χ3v) is 4.22. The predicted octanol–water partition coefficient (Wildman–Crippen LogP) is 2.87. The zero-order chi connectivity index (χ0) is 14.5. The van der Waals surface area contributed by atoms with Crippen LogP contribution >= 0.6 is 0 Å². The molecule has 1 aromatic rings. The van der Waals surface area contributed by atoms with Gasteiger partial charge in [0.15, 0.2) is 0 Å². The predicted molar refractivity (Wildman–Crippen MR) is 84.3 cm³/mol. The van der Waals surface area contributed by atoms with E-state index in [0.717, 1.165) is 39.0 Å². The summed E-state index contributed by atoms with van der Waals surface area (Å²) in [6, 6.07) is 6.63. The molecule has 0 aliphatic carbocycles. The van der Waals surface area contributed by atoms with Crippen LogP contribution in [0.4, 0.5) is 5.69 Å². The van der Waals surface area contributed by atoms with Gasteiger partial charge in [0.2, 0.25) is 5.91 Å². The fourth-order valence-corrected chi connectivity index (χ4v) is 3.02. The lowest BCUT2D eigenvalue weighted by atomic mass is 10.0. The van der Waals surface area contributed by atoms with Gasteiger partial charge in [-0.1, -0.05) is 39.0 Å². The van der Waals surface area contributed by atoms with Crippen LogP contribution in [0.3, 0.4) is 0 Å². The van der Waals surface area contributed by atoms with Crippen molar-refractivity contribution in [3.05, 3.63) is 29.3 Å². The fourth-order valence-electron chi connectivity index (χ4n) is 3.02. The largest absolute Gasteiger partial charge is 0.368 e. The molecule has 0 bridgehead atoms. The molecule has 0 unspecified atom stereocenters. The van der Waals surface area contributed by atoms with Gasteiger partial charge in [-0.05, 0) is 24.0 Å². The number of nitrogens with zero attached hydrogens (tertiary/aromatic N) is 2. The molecule has 2 rings (SSSR count). The Morgan fingerprint density at radius 3 is 2.00 bits per heavy atom. The van der Waals surface area contributed by atoms with Gasteiger partial charge in [0.1, 0.15) is 0 Å². The molecule has 110 valence electrons. The maximum atomic E-state index is 11.8. The summed E-state index contributed by atoms with van der Waals surface area (Å²) >= 11 is 0. The molecule has 0 radical (unpaired) electrons. The first-order chi connectivity index (χ1) is 9.71. The third-order valence-electron chi connectivity index (χ3n) is 4.22. The molecule has 3 heteroatoms. The maximum absolute atomic E-state index is 11.8. The highest BCUT2D eigenvalue weighted by atomic mass is 16.2. The number of carbonyl (C=O) groups is 1. The number of hydrogen-bond donors (Lipinski definition) is 0. The zero-order valence-corrected chi connectivity index (χ0v) is 13.0. The van der Waals surface area contributed by atoms with Crippen molar-refractivity contribution in [2.75, 3.05) is 31.1 Å². The summed E-state index contributed by atoms with van der Waals surface area (Å²) in [5, 5.41) is 0. The number of rotatable bonds is 4. The third kappa shape index (κ3) is 2.97. The Labute approximate surface area is 122 Å². The molecule has 0 N–H and O–H groups in total. The Hall–Kier alpha value is -1.51. The summed E-state index contributed by atoms with van der Waals surface area (Å²) in [5.41, 5.74) is 4.28. The van der Waals surface area contributed by atoms with E-state index < -0.39 is 0 Å². The van der Waals surface area contributed by atoms with Gasteiger partial charge < -0.3 is 9.80 Å². The molecule has 1 aliphatic rings. The van der Waals surface area contributed by atoms with Crippen LogP contribution in [0.1, 0.15) is 38.3 Å². The van der Waals surface area contributed by atoms with E-state index in [-0.39, 0.29) is 5.91 Å². The number of amides is 1. The van der Waals surface area contributed by atoms with Gasteiger partial charge >= 0.3 is 0 Å². The SMILES string of the molecule is CCC(=O)N1CCN(c2c(CC)cccc2CC)CC1. The van der Waals surface area contributed by atoms with E-state index in [1.807, 2.05) is 11.8 Å². The molecule has 20 heavy (non-hydrogen) atoms. The summed E-state index contributed by atoms with van der Waals surface area (Å²) in [5.74, 6) is 0.282. The highest BCUT2D eigenvalue weighted by molar-refractivity contribution is 5.76. The van der Waals surface area contributed by atoms with Crippen LogP contribution in [-0.2, 0) is 17.6 Å². The van der Waals surface area contributed by atoms with Crippen LogP contribution in [0.5, 0.6) is 0 Å². The molecule has 1 heterocycles. The van der Waals surface area contributed by atoms with Crippen molar-refractivity contribution in [3.8, 4) is 0 Å². The quantitative estimate of drug-likeness (QED) is 0.843. The molecule has 0 atom stereocenters. The standard InChI is InChI=1S/C17H26N2O/c1-4-14-8-7-9-15(5-2)17(14)19-12-10-18(11-13-19)16(20)6-3/h7-9H,4-6,10-13H2,1-3H3. The monoisotopic (exact) mass is 274 g/mol. The summed E-state index contributed by atoms with van der Waals surface area (Å²) in [4.78, 5) is 16.2. The highest BCUT2D eigenvalue weighted by Gasteiger charge is 2.22. The number of anilines is 1. The number of benzene rings is 1. The van der Waals surface area contributed by atoms with Gasteiger partial charge in [-0.2, -0.15) is 0 Å². The van der Waals surface area contributed by atoms with E-state index in [2.05, 4.69) is 36.9 Å². The Kier molecular flexibility index (Phi) is 5.05. The average molecular weight is 274 g/mol. The Balaban J connectivity index is 2.16. The number of para-hydroxylation sites is 1. The minimum absolute atomic E-state index is 0.282. The van der Waals surface area contributed by atoms with Gasteiger partial charge in [-0.25, -0.2) is 0 Å². The number of carbonyl (C=O) groups excluding carboxylic acids is 1. The normalized spacial score (nSPS) is 15.6. The van der Waals surface area contributed by atoms with Crippen molar-refractivity contribution in [1.29, 1.82) is 0 Å². The van der Waals surface area contributed by atoms with E-state index in [1.54, 1.807) is 0 Å². The summed E-state index contributed by atoms with van der Waals surface area (Å²) < 4.78 is 0. The molecule has 0 spiro atoms. The van der Waals surface area contributed by atoms with Gasteiger partial charge in [0, 0.05) is 38.3 Å². The van der Waals surface area contributed by atoms with Crippen LogP contribution < -0.4 is 4.90 Å². The van der Waals surface area contributed by atoms with E-state index >= 15 is 0 Å². The summed E-state index contributed by atoms with van der Waals surface area (Å²) in [7, 11) is 0. The molecular weight excluding hydrogens is 248 g/mol. The maximum Gasteiger partial charge on any atom is 0.222 e. The van der Waals surface area contributed by atoms with E-state index in [4.69, 9.17) is 0 Å². The van der Waals surface area contributed by atoms with Crippen LogP contribution in [-0.4, -0.2) is 37.0 Å². The van der Waals surface area contributed by atoms with Crippen molar-refractivity contribution in [2.45, 2.75) is 40.0 Å². The molecular formula is C17H26N2O. The Bertz CT molecular complexity index is 440. The van der Waals surface area contributed by atoms with E-state index in [0.29, 0.717) is 6.42 Å². The molecule has 3 nitrogen and oxygen atoms in total. The number of hydrogen-bond acceptors (Lipinski definition) is 2. The molecule has 1 aliphatic heterocycles. The molecule has 1 fully saturated rings. The average Bonchev–Trinajstić information content (AvgIpc) is 2.53. The zero-order valence-electron chi connectivity index (χ0n) is 13.0. The van der Waals surface area contributed by atoms with Crippen LogP contribution in [0.15, 0.2) is 18.2 Å². The first-order valence-electron chi connectivity index (χ1n) is 7.84. The van der Waals surface area contributed by atoms with Crippen molar-refractivity contribution >= 4 is 11.6 Å². The topological polar surface area (TPSA) is 23.6 Å². The highest BCUT2D eigenvalue weighted by Crippen LogP contribution is 2.28. The summed E-state index contributed by atoms with van der Waals surface area (Å²) in [6.07, 6.45) is 2.75. The molecule has 0 saturated carbocycles. The Morgan fingerprint density at radius 1 is 1.00 bits per heavy atom. The molecule has 1 aromatic carbocycles. The minimum Gasteiger partial charge on any atom is -0.368 e. The first-order valence-corrected chi connectivity index (χ1v) is 7.84. The van der Waals surface area contributed by atoms with E-state index in [9.17, 15) is 4.79 Å². The van der Waals surface area contributed by atoms with Crippen LogP contribution in [0.2, 0.25) is 0 Å². The molecule has 1 saturated heterocycles. The van der Waals surface area contributed by atoms with Crippen molar-refractivity contribution in [3.63, 3.8) is 0 Å². The van der Waals surface area contributed by atoms with Gasteiger partial charge in [-0.3, -0.25) is 4.79 Å². The first kappa shape index (κ1) is 14.9. The van der Waals surface area contributed by atoms with Crippen molar-refractivity contribution < 1.29 is 4.79 Å². The van der Waals surface area contributed by atoms with Gasteiger partial charge in [-0.15, -0.1) is 0 Å². The van der Waals surface area contributed by atoms with Crippen LogP contribution in [0.25, 0.3) is 0 Å². The lowest BCUT2D eigenvalue weighted by molar-refractivity contribution is -0.131. The van der Waals surface area contributed by atoms with Gasteiger partial charge in [0.05, 0.1) is 0 Å². The van der Waals surface area contributed by atoms with E-state index in [1.165, 1.54) is 16.8 Å². The molecule has 1 amide bonds. The molecule has 0 aromatic heterocycles. The summed E-state index contributed by atoms with van der Waals surface area (Å²) in [6.45, 7) is 9.99. The van der Waals surface area contributed by atoms with Crippen molar-refractivity contribution in [2.24, 2.45) is 0 Å². The number of aryl methyl sites for hydroxylation is 2. The lowest BCUT2D eigenvalue weighted by Crippen LogP contribution is -2.49.